The molecule has 1 aliphatic rings. The van der Waals surface area contributed by atoms with E-state index in [1.54, 1.807) is 43.9 Å². The van der Waals surface area contributed by atoms with Gasteiger partial charge in [-0.2, -0.15) is 0 Å². The largest absolute Gasteiger partial charge is 0.456 e. The molecule has 1 saturated heterocycles. The van der Waals surface area contributed by atoms with Gasteiger partial charge >= 0.3 is 0 Å². The molecule has 0 radical (unpaired) electrons. The number of aromatic nitrogens is 1. The molecule has 1 atom stereocenters. The average molecular weight is 435 g/mol. The molecule has 3 rings (SSSR count). The quantitative estimate of drug-likeness (QED) is 0.687. The Kier molecular flexibility index (Phi) is 7.20. The summed E-state index contributed by atoms with van der Waals surface area (Å²) in [6.45, 7) is 6.42. The van der Waals surface area contributed by atoms with Gasteiger partial charge in [-0.3, -0.25) is 14.4 Å². The van der Waals surface area contributed by atoms with Crippen LogP contribution in [0.5, 0.6) is 0 Å². The number of carbonyl (C=O) groups excluding carboxylic acids is 3. The summed E-state index contributed by atoms with van der Waals surface area (Å²) >= 11 is 1.28. The topological polar surface area (TPSA) is 118 Å². The molecular weight excluding hydrogens is 408 g/mol. The highest BCUT2D eigenvalue weighted by atomic mass is 32.2. The fourth-order valence-corrected chi connectivity index (χ4v) is 3.89. The fraction of sp³-hybridized carbons (Fsp3) is 0.500. The number of piperidine rings is 1. The first-order valence-corrected chi connectivity index (χ1v) is 10.9. The lowest BCUT2D eigenvalue weighted by Gasteiger charge is -2.32. The van der Waals surface area contributed by atoms with Crippen LogP contribution in [0.15, 0.2) is 27.1 Å². The number of aryl methyl sites for hydroxylation is 2. The van der Waals surface area contributed by atoms with Crippen LogP contribution in [0.2, 0.25) is 0 Å². The number of furan rings is 1. The molecule has 10 heteroatoms. The van der Waals surface area contributed by atoms with Crippen molar-refractivity contribution < 1.29 is 23.3 Å². The van der Waals surface area contributed by atoms with E-state index in [0.717, 1.165) is 0 Å². The van der Waals surface area contributed by atoms with E-state index in [1.165, 1.54) is 11.8 Å². The van der Waals surface area contributed by atoms with Gasteiger partial charge in [-0.1, -0.05) is 5.16 Å². The van der Waals surface area contributed by atoms with Gasteiger partial charge in [-0.15, -0.1) is 11.8 Å². The molecule has 2 N–H and O–H groups in total. The van der Waals surface area contributed by atoms with Gasteiger partial charge in [-0.05, 0) is 45.7 Å². The highest BCUT2D eigenvalue weighted by molar-refractivity contribution is 8.01. The number of likely N-dealkylation sites (tertiary alicyclic amines) is 1. The van der Waals surface area contributed by atoms with Crippen LogP contribution in [0.1, 0.15) is 41.8 Å². The third-order valence-electron chi connectivity index (χ3n) is 4.85. The van der Waals surface area contributed by atoms with Crippen LogP contribution in [-0.2, 0) is 9.59 Å². The van der Waals surface area contributed by atoms with E-state index >= 15 is 0 Å². The number of thioether (sulfide) groups is 1. The van der Waals surface area contributed by atoms with Gasteiger partial charge in [-0.25, -0.2) is 0 Å². The van der Waals surface area contributed by atoms with E-state index in [0.29, 0.717) is 49.0 Å². The summed E-state index contributed by atoms with van der Waals surface area (Å²) in [6, 6.07) is 5.05. The second-order valence-electron chi connectivity index (χ2n) is 7.30. The molecular formula is C20H26N4O5S. The predicted octanol–water partition coefficient (Wildman–Crippen LogP) is 2.37. The molecule has 1 unspecified atom stereocenters. The third kappa shape index (κ3) is 5.88. The van der Waals surface area contributed by atoms with Crippen molar-refractivity contribution in [3.8, 4) is 0 Å². The lowest BCUT2D eigenvalue weighted by Crippen LogP contribution is -2.47. The maximum Gasteiger partial charge on any atom is 0.287 e. The smallest absolute Gasteiger partial charge is 0.287 e. The number of nitrogens with zero attached hydrogens (tertiary/aromatic N) is 2. The first-order chi connectivity index (χ1) is 14.3. The molecule has 0 aliphatic carbocycles. The molecule has 0 aromatic carbocycles. The Morgan fingerprint density at radius 1 is 1.23 bits per heavy atom. The van der Waals surface area contributed by atoms with Gasteiger partial charge in [0, 0.05) is 25.2 Å². The van der Waals surface area contributed by atoms with Crippen LogP contribution in [-0.4, -0.2) is 57.9 Å². The summed E-state index contributed by atoms with van der Waals surface area (Å²) in [5, 5.41) is 8.95. The number of carbonyl (C=O) groups is 3. The summed E-state index contributed by atoms with van der Waals surface area (Å²) in [5.74, 6) is 1.72. The van der Waals surface area contributed by atoms with Crippen molar-refractivity contribution in [3.05, 3.63) is 35.5 Å². The van der Waals surface area contributed by atoms with E-state index in [-0.39, 0.29) is 29.5 Å². The minimum atomic E-state index is -0.403. The maximum absolute atomic E-state index is 12.5. The van der Waals surface area contributed by atoms with Gasteiger partial charge in [0.1, 0.15) is 11.5 Å². The monoisotopic (exact) mass is 434 g/mol. The molecule has 1 aliphatic heterocycles. The van der Waals surface area contributed by atoms with Crippen molar-refractivity contribution in [1.82, 2.24) is 15.4 Å². The van der Waals surface area contributed by atoms with E-state index in [9.17, 15) is 14.4 Å². The summed E-state index contributed by atoms with van der Waals surface area (Å²) in [7, 11) is 0. The molecule has 162 valence electrons. The molecule has 9 nitrogen and oxygen atoms in total. The van der Waals surface area contributed by atoms with Crippen LogP contribution in [0.25, 0.3) is 0 Å². The van der Waals surface area contributed by atoms with E-state index in [4.69, 9.17) is 8.94 Å². The summed E-state index contributed by atoms with van der Waals surface area (Å²) < 4.78 is 10.3. The molecule has 2 aromatic rings. The van der Waals surface area contributed by atoms with Crippen molar-refractivity contribution in [2.45, 2.75) is 44.9 Å². The average Bonchev–Trinajstić information content (AvgIpc) is 3.34. The van der Waals surface area contributed by atoms with Crippen molar-refractivity contribution in [1.29, 1.82) is 0 Å². The lowest BCUT2D eigenvalue weighted by molar-refractivity contribution is -0.129. The molecule has 3 amide bonds. The molecule has 1 fully saturated rings. The van der Waals surface area contributed by atoms with Crippen molar-refractivity contribution in [2.24, 2.45) is 0 Å². The lowest BCUT2D eigenvalue weighted by atomic mass is 10.0. The number of amides is 3. The molecule has 0 saturated carbocycles. The van der Waals surface area contributed by atoms with Crippen LogP contribution in [0.3, 0.4) is 0 Å². The Bertz CT molecular complexity index is 901. The minimum Gasteiger partial charge on any atom is -0.456 e. The van der Waals surface area contributed by atoms with E-state index in [2.05, 4.69) is 15.8 Å². The number of anilines is 1. The summed E-state index contributed by atoms with van der Waals surface area (Å²) in [5.41, 5.74) is 0. The fourth-order valence-electron chi connectivity index (χ4n) is 3.10. The Labute approximate surface area is 178 Å². The Hall–Kier alpha value is -2.75. The number of hydrogen-bond donors (Lipinski definition) is 2. The van der Waals surface area contributed by atoms with Gasteiger partial charge in [0.15, 0.2) is 11.6 Å². The van der Waals surface area contributed by atoms with Crippen LogP contribution in [0.4, 0.5) is 5.82 Å². The van der Waals surface area contributed by atoms with Crippen LogP contribution in [0, 0.1) is 13.8 Å². The number of nitrogens with one attached hydrogen (secondary N) is 2. The molecule has 0 bridgehead atoms. The summed E-state index contributed by atoms with van der Waals surface area (Å²) in [4.78, 5) is 38.6. The first kappa shape index (κ1) is 21.9. The highest BCUT2D eigenvalue weighted by Gasteiger charge is 2.26. The Morgan fingerprint density at radius 2 is 1.97 bits per heavy atom. The van der Waals surface area contributed by atoms with Crippen LogP contribution < -0.4 is 10.6 Å². The minimum absolute atomic E-state index is 0.00947. The second-order valence-corrected chi connectivity index (χ2v) is 8.63. The van der Waals surface area contributed by atoms with E-state index in [1.807, 2.05) is 0 Å². The van der Waals surface area contributed by atoms with E-state index < -0.39 is 5.25 Å². The number of hydrogen-bond acceptors (Lipinski definition) is 7. The molecule has 3 heterocycles. The van der Waals surface area contributed by atoms with Crippen LogP contribution >= 0.6 is 11.8 Å². The predicted molar refractivity (Wildman–Crippen MR) is 112 cm³/mol. The summed E-state index contributed by atoms with van der Waals surface area (Å²) in [6.07, 6.45) is 1.37. The second kappa shape index (κ2) is 9.84. The SMILES string of the molecule is Cc1cc(NC(=O)C(C)SCC(=O)N2CCC(NC(=O)c3ccc(C)o3)CC2)no1. The normalized spacial score (nSPS) is 15.6. The zero-order valence-electron chi connectivity index (χ0n) is 17.3. The van der Waals surface area contributed by atoms with Crippen molar-refractivity contribution in [2.75, 3.05) is 24.2 Å². The zero-order chi connectivity index (χ0) is 21.7. The van der Waals surface area contributed by atoms with Gasteiger partial charge in [0.05, 0.1) is 11.0 Å². The standard InChI is InChI=1S/C20H26N4O5S/c1-12-4-5-16(28-12)20(27)21-15-6-8-24(9-7-15)18(25)11-30-14(3)19(26)22-17-10-13(2)29-23-17/h4-5,10,14-15H,6-9,11H2,1-3H3,(H,21,27)(H,22,23,26). The van der Waals surface area contributed by atoms with Gasteiger partial charge < -0.3 is 24.5 Å². The van der Waals surface area contributed by atoms with Gasteiger partial charge in [0.25, 0.3) is 5.91 Å². The third-order valence-corrected chi connectivity index (χ3v) is 5.98. The van der Waals surface area contributed by atoms with Crippen molar-refractivity contribution in [3.63, 3.8) is 0 Å². The highest BCUT2D eigenvalue weighted by Crippen LogP contribution is 2.18. The zero-order valence-corrected chi connectivity index (χ0v) is 18.1. The molecule has 0 spiro atoms. The Balaban J connectivity index is 1.37. The maximum atomic E-state index is 12.5. The molecule has 30 heavy (non-hydrogen) atoms. The number of rotatable bonds is 7. The Morgan fingerprint density at radius 3 is 2.57 bits per heavy atom. The molecule has 2 aromatic heterocycles. The first-order valence-electron chi connectivity index (χ1n) is 9.82. The van der Waals surface area contributed by atoms with Gasteiger partial charge in [0.2, 0.25) is 11.8 Å². The van der Waals surface area contributed by atoms with Crippen molar-refractivity contribution >= 4 is 35.3 Å².